The van der Waals surface area contributed by atoms with Gasteiger partial charge in [-0.05, 0) is 26.2 Å². The fraction of sp³-hybridized carbons (Fsp3) is 0.714. The maximum absolute atomic E-state index is 5.21. The molecule has 0 saturated heterocycles. The fourth-order valence-electron chi connectivity index (χ4n) is 2.08. The third-order valence-electron chi connectivity index (χ3n) is 3.27. The molecule has 2 rings (SSSR count). The first-order chi connectivity index (χ1) is 9.26. The molecule has 1 heterocycles. The highest BCUT2D eigenvalue weighted by atomic mass is 16.5. The Bertz CT molecular complexity index is 406. The molecule has 0 bridgehead atoms. The number of methoxy groups -OCH3 is 1. The van der Waals surface area contributed by atoms with Gasteiger partial charge in [-0.2, -0.15) is 4.98 Å². The van der Waals surface area contributed by atoms with Gasteiger partial charge in [0.2, 0.25) is 5.95 Å². The van der Waals surface area contributed by atoms with Crippen molar-refractivity contribution >= 4 is 11.8 Å². The van der Waals surface area contributed by atoms with Gasteiger partial charge >= 0.3 is 0 Å². The van der Waals surface area contributed by atoms with E-state index in [4.69, 9.17) is 4.74 Å². The molecule has 5 nitrogen and oxygen atoms in total. The van der Waals surface area contributed by atoms with E-state index in [2.05, 4.69) is 34.0 Å². The van der Waals surface area contributed by atoms with Crippen LogP contribution < -0.4 is 10.2 Å². The zero-order valence-corrected chi connectivity index (χ0v) is 12.1. The minimum absolute atomic E-state index is 0.628. The Kier molecular flexibility index (Phi) is 4.96. The molecule has 106 valence electrons. The molecule has 1 aliphatic rings. The summed E-state index contributed by atoms with van der Waals surface area (Å²) in [6.45, 7) is 6.74. The van der Waals surface area contributed by atoms with E-state index in [0.29, 0.717) is 6.04 Å². The molecule has 0 radical (unpaired) electrons. The first kappa shape index (κ1) is 14.1. The molecule has 0 unspecified atom stereocenters. The lowest BCUT2D eigenvalue weighted by atomic mass is 10.3. The smallest absolute Gasteiger partial charge is 0.224 e. The number of aromatic nitrogens is 2. The molecule has 1 aliphatic carbocycles. The van der Waals surface area contributed by atoms with Gasteiger partial charge < -0.3 is 15.0 Å². The summed E-state index contributed by atoms with van der Waals surface area (Å²) in [7, 11) is 1.74. The second-order valence-corrected chi connectivity index (χ2v) is 5.04. The molecule has 5 heteroatoms. The molecule has 0 atom stereocenters. The number of anilines is 2. The highest BCUT2D eigenvalue weighted by molar-refractivity contribution is 5.50. The number of nitrogens with zero attached hydrogens (tertiary/aromatic N) is 3. The largest absolute Gasteiger partial charge is 0.383 e. The zero-order valence-electron chi connectivity index (χ0n) is 12.1. The summed E-state index contributed by atoms with van der Waals surface area (Å²) >= 11 is 0. The Morgan fingerprint density at radius 1 is 1.47 bits per heavy atom. The van der Waals surface area contributed by atoms with Crippen molar-refractivity contribution in [2.75, 3.05) is 37.0 Å². The van der Waals surface area contributed by atoms with E-state index < -0.39 is 0 Å². The summed E-state index contributed by atoms with van der Waals surface area (Å²) in [5, 5.41) is 3.25. The van der Waals surface area contributed by atoms with E-state index in [0.717, 1.165) is 43.4 Å². The predicted molar refractivity (Wildman–Crippen MR) is 77.8 cm³/mol. The molecule has 1 saturated carbocycles. The van der Waals surface area contributed by atoms with Crippen molar-refractivity contribution in [2.24, 2.45) is 0 Å². The third-order valence-corrected chi connectivity index (χ3v) is 3.27. The first-order valence-electron chi connectivity index (χ1n) is 7.09. The number of hydrogen-bond donors (Lipinski definition) is 1. The van der Waals surface area contributed by atoms with E-state index in [1.165, 1.54) is 12.8 Å². The van der Waals surface area contributed by atoms with Crippen LogP contribution in [0.25, 0.3) is 0 Å². The monoisotopic (exact) mass is 264 g/mol. The highest BCUT2D eigenvalue weighted by Gasteiger charge is 2.30. The fourth-order valence-corrected chi connectivity index (χ4v) is 2.08. The Hall–Kier alpha value is -1.36. The van der Waals surface area contributed by atoms with Gasteiger partial charge in [-0.1, -0.05) is 6.92 Å². The number of rotatable bonds is 8. The lowest BCUT2D eigenvalue weighted by Gasteiger charge is -2.25. The van der Waals surface area contributed by atoms with Crippen LogP contribution in [0.2, 0.25) is 0 Å². The molecule has 0 amide bonds. The molecule has 1 fully saturated rings. The molecule has 1 aromatic rings. The summed E-state index contributed by atoms with van der Waals surface area (Å²) in [6.07, 6.45) is 5.49. The Morgan fingerprint density at radius 2 is 2.26 bits per heavy atom. The average molecular weight is 264 g/mol. The van der Waals surface area contributed by atoms with Crippen molar-refractivity contribution in [1.29, 1.82) is 0 Å². The minimum Gasteiger partial charge on any atom is -0.383 e. The topological polar surface area (TPSA) is 50.3 Å². The average Bonchev–Trinajstić information content (AvgIpc) is 3.24. The van der Waals surface area contributed by atoms with E-state index in [1.54, 1.807) is 7.11 Å². The van der Waals surface area contributed by atoms with Gasteiger partial charge in [0, 0.05) is 38.0 Å². The second-order valence-electron chi connectivity index (χ2n) is 5.04. The molecule has 0 spiro atoms. The Morgan fingerprint density at radius 3 is 2.89 bits per heavy atom. The lowest BCUT2D eigenvalue weighted by Crippen LogP contribution is -2.31. The van der Waals surface area contributed by atoms with Crippen LogP contribution in [0.1, 0.15) is 31.7 Å². The SMILES string of the molecule is CCCNc1ncc(C)c(N(CCOC)C2CC2)n1. The van der Waals surface area contributed by atoms with Crippen LogP contribution in [0.4, 0.5) is 11.8 Å². The predicted octanol–water partition coefficient (Wildman–Crippen LogP) is 2.22. The van der Waals surface area contributed by atoms with Crippen molar-refractivity contribution in [2.45, 2.75) is 39.2 Å². The van der Waals surface area contributed by atoms with Crippen molar-refractivity contribution in [1.82, 2.24) is 9.97 Å². The van der Waals surface area contributed by atoms with Crippen molar-refractivity contribution in [3.8, 4) is 0 Å². The molecule has 0 aromatic carbocycles. The van der Waals surface area contributed by atoms with Crippen LogP contribution in [-0.2, 0) is 4.74 Å². The summed E-state index contributed by atoms with van der Waals surface area (Å²) in [4.78, 5) is 11.4. The molecular weight excluding hydrogens is 240 g/mol. The Labute approximate surface area is 115 Å². The summed E-state index contributed by atoms with van der Waals surface area (Å²) < 4.78 is 5.21. The number of nitrogens with one attached hydrogen (secondary N) is 1. The van der Waals surface area contributed by atoms with Gasteiger partial charge in [-0.25, -0.2) is 4.98 Å². The van der Waals surface area contributed by atoms with Gasteiger partial charge in [0.1, 0.15) is 5.82 Å². The normalized spacial score (nSPS) is 14.5. The standard InChI is InChI=1S/C14H24N4O/c1-4-7-15-14-16-10-11(2)13(17-14)18(8-9-19-3)12-5-6-12/h10,12H,4-9H2,1-3H3,(H,15,16,17). The quantitative estimate of drug-likeness (QED) is 0.780. The second kappa shape index (κ2) is 6.70. The van der Waals surface area contributed by atoms with Crippen LogP contribution in [0.15, 0.2) is 6.20 Å². The summed E-state index contributed by atoms with van der Waals surface area (Å²) in [5.41, 5.74) is 1.13. The zero-order chi connectivity index (χ0) is 13.7. The van der Waals surface area contributed by atoms with Gasteiger partial charge in [0.05, 0.1) is 6.61 Å². The van der Waals surface area contributed by atoms with E-state index >= 15 is 0 Å². The van der Waals surface area contributed by atoms with E-state index in [1.807, 2.05) is 6.20 Å². The molecule has 1 N–H and O–H groups in total. The lowest BCUT2D eigenvalue weighted by molar-refractivity contribution is 0.204. The molecular formula is C14H24N4O. The van der Waals surface area contributed by atoms with Crippen LogP contribution >= 0.6 is 0 Å². The molecule has 0 aliphatic heterocycles. The maximum atomic E-state index is 5.21. The Balaban J connectivity index is 2.14. The van der Waals surface area contributed by atoms with E-state index in [-0.39, 0.29) is 0 Å². The van der Waals surface area contributed by atoms with Crippen LogP contribution in [-0.4, -0.2) is 42.8 Å². The number of ether oxygens (including phenoxy) is 1. The van der Waals surface area contributed by atoms with Gasteiger partial charge in [-0.15, -0.1) is 0 Å². The highest BCUT2D eigenvalue weighted by Crippen LogP contribution is 2.32. The first-order valence-corrected chi connectivity index (χ1v) is 7.09. The van der Waals surface area contributed by atoms with E-state index in [9.17, 15) is 0 Å². The van der Waals surface area contributed by atoms with Crippen LogP contribution in [0.3, 0.4) is 0 Å². The van der Waals surface area contributed by atoms with Crippen LogP contribution in [0.5, 0.6) is 0 Å². The van der Waals surface area contributed by atoms with Crippen molar-refractivity contribution < 1.29 is 4.74 Å². The number of hydrogen-bond acceptors (Lipinski definition) is 5. The van der Waals surface area contributed by atoms with Crippen molar-refractivity contribution in [3.63, 3.8) is 0 Å². The third kappa shape index (κ3) is 3.80. The van der Waals surface area contributed by atoms with Crippen molar-refractivity contribution in [3.05, 3.63) is 11.8 Å². The van der Waals surface area contributed by atoms with Crippen LogP contribution in [0, 0.1) is 6.92 Å². The summed E-state index contributed by atoms with van der Waals surface area (Å²) in [5.74, 6) is 1.78. The van der Waals surface area contributed by atoms with Gasteiger partial charge in [0.15, 0.2) is 0 Å². The number of aryl methyl sites for hydroxylation is 1. The van der Waals surface area contributed by atoms with Gasteiger partial charge in [-0.3, -0.25) is 0 Å². The van der Waals surface area contributed by atoms with Gasteiger partial charge in [0.25, 0.3) is 0 Å². The molecule has 19 heavy (non-hydrogen) atoms. The molecule has 1 aromatic heterocycles. The summed E-state index contributed by atoms with van der Waals surface area (Å²) in [6, 6.07) is 0.628. The minimum atomic E-state index is 0.628. The maximum Gasteiger partial charge on any atom is 0.224 e.